The Morgan fingerprint density at radius 2 is 2.06 bits per heavy atom. The minimum absolute atomic E-state index is 0.494. The molecule has 0 radical (unpaired) electrons. The molecule has 0 spiro atoms. The lowest BCUT2D eigenvalue weighted by atomic mass is 10.2. The van der Waals surface area contributed by atoms with Crippen LogP contribution in [0.5, 0.6) is 0 Å². The molecule has 0 aliphatic rings. The molecule has 0 saturated heterocycles. The predicted molar refractivity (Wildman–Crippen MR) is 57.6 cm³/mol. The van der Waals surface area contributed by atoms with E-state index >= 15 is 0 Å². The van der Waals surface area contributed by atoms with Crippen LogP contribution >= 0.6 is 0 Å². The van der Waals surface area contributed by atoms with Gasteiger partial charge in [-0.15, -0.1) is 0 Å². The Balaban J connectivity index is 2.43. The van der Waals surface area contributed by atoms with E-state index in [9.17, 15) is 13.2 Å². The summed E-state index contributed by atoms with van der Waals surface area (Å²) >= 11 is 0. The number of pyridine rings is 1. The van der Waals surface area contributed by atoms with Crippen LogP contribution in [0.4, 0.5) is 13.2 Å². The topological polar surface area (TPSA) is 43.3 Å². The maximum atomic E-state index is 12.6. The smallest absolute Gasteiger partial charge is 0.330 e. The molecule has 0 amide bonds. The van der Waals surface area contributed by atoms with Gasteiger partial charge in [-0.25, -0.2) is 4.98 Å². The fourth-order valence-corrected chi connectivity index (χ4v) is 1.66. The first-order valence-corrected chi connectivity index (χ1v) is 5.25. The average molecular weight is 243 g/mol. The Bertz CT molecular complexity index is 516. The SMILES string of the molecule is NCCCc1ncc2ccc(C(F)(F)F)cn12. The quantitative estimate of drug-likeness (QED) is 0.898. The third-order valence-corrected chi connectivity index (χ3v) is 2.54. The molecular formula is C11H12F3N3. The summed E-state index contributed by atoms with van der Waals surface area (Å²) in [4.78, 5) is 4.10. The lowest BCUT2D eigenvalue weighted by molar-refractivity contribution is -0.137. The van der Waals surface area contributed by atoms with Gasteiger partial charge in [0.05, 0.1) is 17.3 Å². The molecule has 0 bridgehead atoms. The average Bonchev–Trinajstić information content (AvgIpc) is 2.67. The van der Waals surface area contributed by atoms with E-state index in [0.29, 0.717) is 30.7 Å². The van der Waals surface area contributed by atoms with Crippen LogP contribution in [-0.2, 0) is 12.6 Å². The van der Waals surface area contributed by atoms with Gasteiger partial charge in [0.1, 0.15) is 5.82 Å². The number of hydrogen-bond donors (Lipinski definition) is 1. The summed E-state index contributed by atoms with van der Waals surface area (Å²) in [6, 6.07) is 2.48. The number of rotatable bonds is 3. The predicted octanol–water partition coefficient (Wildman–Crippen LogP) is 2.24. The number of alkyl halides is 3. The van der Waals surface area contributed by atoms with E-state index in [1.165, 1.54) is 10.5 Å². The summed E-state index contributed by atoms with van der Waals surface area (Å²) in [5.74, 6) is 0.608. The van der Waals surface area contributed by atoms with Crippen molar-refractivity contribution in [2.75, 3.05) is 6.54 Å². The molecule has 0 aromatic carbocycles. The van der Waals surface area contributed by atoms with E-state index in [-0.39, 0.29) is 0 Å². The third-order valence-electron chi connectivity index (χ3n) is 2.54. The van der Waals surface area contributed by atoms with Gasteiger partial charge in [0.15, 0.2) is 0 Å². The highest BCUT2D eigenvalue weighted by Crippen LogP contribution is 2.29. The number of halogens is 3. The summed E-state index contributed by atoms with van der Waals surface area (Å²) in [5, 5.41) is 0. The second-order valence-electron chi connectivity index (χ2n) is 3.78. The summed E-state index contributed by atoms with van der Waals surface area (Å²) < 4.78 is 39.1. The first kappa shape index (κ1) is 11.9. The van der Waals surface area contributed by atoms with E-state index in [1.807, 2.05) is 0 Å². The fourth-order valence-electron chi connectivity index (χ4n) is 1.66. The van der Waals surface area contributed by atoms with Crippen molar-refractivity contribution < 1.29 is 13.2 Å². The second-order valence-corrected chi connectivity index (χ2v) is 3.78. The lowest BCUT2D eigenvalue weighted by Crippen LogP contribution is -2.08. The zero-order chi connectivity index (χ0) is 12.5. The highest BCUT2D eigenvalue weighted by atomic mass is 19.4. The maximum Gasteiger partial charge on any atom is 0.417 e. The minimum atomic E-state index is -4.33. The van der Waals surface area contributed by atoms with E-state index in [2.05, 4.69) is 4.98 Å². The van der Waals surface area contributed by atoms with Gasteiger partial charge >= 0.3 is 6.18 Å². The molecule has 0 atom stereocenters. The van der Waals surface area contributed by atoms with Crippen molar-refractivity contribution in [3.63, 3.8) is 0 Å². The molecule has 6 heteroatoms. The van der Waals surface area contributed by atoms with Crippen molar-refractivity contribution in [3.8, 4) is 0 Å². The molecule has 92 valence electrons. The molecule has 0 aliphatic heterocycles. The lowest BCUT2D eigenvalue weighted by Gasteiger charge is -2.08. The summed E-state index contributed by atoms with van der Waals surface area (Å²) in [6.45, 7) is 0.494. The standard InChI is InChI=1S/C11H12F3N3/c12-11(13,14)8-3-4-9-6-16-10(2-1-5-15)17(9)7-8/h3-4,6-7H,1-2,5,15H2. The van der Waals surface area contributed by atoms with Crippen LogP contribution in [0.25, 0.3) is 5.52 Å². The fraction of sp³-hybridized carbons (Fsp3) is 0.364. The number of nitrogens with zero attached hydrogens (tertiary/aromatic N) is 2. The molecule has 2 N–H and O–H groups in total. The highest BCUT2D eigenvalue weighted by Gasteiger charge is 2.30. The van der Waals surface area contributed by atoms with Crippen molar-refractivity contribution in [2.24, 2.45) is 5.73 Å². The van der Waals surface area contributed by atoms with E-state index in [1.54, 1.807) is 6.20 Å². The Labute approximate surface area is 96.1 Å². The first-order chi connectivity index (χ1) is 8.02. The molecule has 2 aromatic rings. The molecule has 3 nitrogen and oxygen atoms in total. The van der Waals surface area contributed by atoms with Crippen molar-refractivity contribution in [1.29, 1.82) is 0 Å². The van der Waals surface area contributed by atoms with Gasteiger partial charge in [0.2, 0.25) is 0 Å². The minimum Gasteiger partial charge on any atom is -0.330 e. The summed E-state index contributed by atoms with van der Waals surface area (Å²) in [5.41, 5.74) is 5.36. The van der Waals surface area contributed by atoms with E-state index < -0.39 is 11.7 Å². The van der Waals surface area contributed by atoms with Crippen LogP contribution in [0, 0.1) is 0 Å². The van der Waals surface area contributed by atoms with Crippen LogP contribution < -0.4 is 5.73 Å². The number of aromatic nitrogens is 2. The van der Waals surface area contributed by atoms with Crippen LogP contribution in [0.15, 0.2) is 24.5 Å². The summed E-state index contributed by atoms with van der Waals surface area (Å²) in [7, 11) is 0. The highest BCUT2D eigenvalue weighted by molar-refractivity contribution is 5.47. The maximum absolute atomic E-state index is 12.6. The van der Waals surface area contributed by atoms with Crippen LogP contribution in [0.1, 0.15) is 17.8 Å². The normalized spacial score (nSPS) is 12.2. The molecule has 2 heterocycles. The number of imidazole rings is 1. The number of aryl methyl sites for hydroxylation is 1. The van der Waals surface area contributed by atoms with Crippen molar-refractivity contribution in [3.05, 3.63) is 35.9 Å². The Hall–Kier alpha value is -1.56. The molecular weight excluding hydrogens is 231 g/mol. The number of hydrogen-bond acceptors (Lipinski definition) is 2. The molecule has 0 fully saturated rings. The molecule has 2 aromatic heterocycles. The van der Waals surface area contributed by atoms with Crippen molar-refractivity contribution in [2.45, 2.75) is 19.0 Å². The number of fused-ring (bicyclic) bond motifs is 1. The zero-order valence-electron chi connectivity index (χ0n) is 9.04. The molecule has 0 aliphatic carbocycles. The zero-order valence-corrected chi connectivity index (χ0v) is 9.04. The third kappa shape index (κ3) is 2.41. The number of nitrogens with two attached hydrogens (primary N) is 1. The van der Waals surface area contributed by atoms with Gasteiger partial charge in [-0.05, 0) is 25.1 Å². The van der Waals surface area contributed by atoms with Gasteiger partial charge in [0, 0.05) is 12.6 Å². The van der Waals surface area contributed by atoms with Gasteiger partial charge in [-0.3, -0.25) is 0 Å². The van der Waals surface area contributed by atoms with Gasteiger partial charge in [-0.1, -0.05) is 0 Å². The Kier molecular flexibility index (Phi) is 3.06. The molecule has 0 saturated carbocycles. The Morgan fingerprint density at radius 3 is 2.71 bits per heavy atom. The first-order valence-electron chi connectivity index (χ1n) is 5.25. The van der Waals surface area contributed by atoms with E-state index in [0.717, 1.165) is 12.3 Å². The second kappa shape index (κ2) is 4.37. The van der Waals surface area contributed by atoms with Gasteiger partial charge < -0.3 is 10.1 Å². The van der Waals surface area contributed by atoms with Crippen LogP contribution in [0.3, 0.4) is 0 Å². The van der Waals surface area contributed by atoms with Crippen molar-refractivity contribution >= 4 is 5.52 Å². The van der Waals surface area contributed by atoms with Crippen molar-refractivity contribution in [1.82, 2.24) is 9.38 Å². The van der Waals surface area contributed by atoms with Crippen LogP contribution in [0.2, 0.25) is 0 Å². The molecule has 17 heavy (non-hydrogen) atoms. The van der Waals surface area contributed by atoms with E-state index in [4.69, 9.17) is 5.73 Å². The molecule has 2 rings (SSSR count). The Morgan fingerprint density at radius 1 is 1.29 bits per heavy atom. The largest absolute Gasteiger partial charge is 0.417 e. The van der Waals surface area contributed by atoms with Gasteiger partial charge in [0.25, 0.3) is 0 Å². The van der Waals surface area contributed by atoms with Gasteiger partial charge in [-0.2, -0.15) is 13.2 Å². The monoisotopic (exact) mass is 243 g/mol. The summed E-state index contributed by atoms with van der Waals surface area (Å²) in [6.07, 6.45) is -0.412. The molecule has 0 unspecified atom stereocenters. The van der Waals surface area contributed by atoms with Crippen LogP contribution in [-0.4, -0.2) is 15.9 Å².